The SMILES string of the molecule is CCCCS(=O)(=O)CC(COC(=O)c1ccccc1)S(=O)(=O)CCCC. The zero-order valence-electron chi connectivity index (χ0n) is 15.4. The molecule has 1 rings (SSSR count). The minimum Gasteiger partial charge on any atom is -0.461 e. The molecular weight excluding hydrogens is 376 g/mol. The fourth-order valence-electron chi connectivity index (χ4n) is 2.32. The maximum absolute atomic E-state index is 12.5. The van der Waals surface area contributed by atoms with Crippen LogP contribution in [-0.2, 0) is 24.4 Å². The quantitative estimate of drug-likeness (QED) is 0.497. The van der Waals surface area contributed by atoms with Crippen molar-refractivity contribution in [2.75, 3.05) is 23.9 Å². The summed E-state index contributed by atoms with van der Waals surface area (Å²) < 4.78 is 54.7. The molecule has 0 saturated heterocycles. The van der Waals surface area contributed by atoms with Gasteiger partial charge in [-0.05, 0) is 25.0 Å². The smallest absolute Gasteiger partial charge is 0.338 e. The Balaban J connectivity index is 2.88. The van der Waals surface area contributed by atoms with Crippen LogP contribution in [0.4, 0.5) is 0 Å². The molecule has 1 unspecified atom stereocenters. The van der Waals surface area contributed by atoms with Gasteiger partial charge in [0.25, 0.3) is 0 Å². The molecule has 26 heavy (non-hydrogen) atoms. The summed E-state index contributed by atoms with van der Waals surface area (Å²) in [6, 6.07) is 8.19. The highest BCUT2D eigenvalue weighted by molar-refractivity contribution is 7.95. The second-order valence-corrected chi connectivity index (χ2v) is 10.9. The van der Waals surface area contributed by atoms with Crippen molar-refractivity contribution in [2.24, 2.45) is 0 Å². The van der Waals surface area contributed by atoms with Crippen LogP contribution in [0.1, 0.15) is 49.9 Å². The molecule has 0 aliphatic heterocycles. The lowest BCUT2D eigenvalue weighted by atomic mass is 10.2. The fraction of sp³-hybridized carbons (Fsp3) is 0.611. The van der Waals surface area contributed by atoms with Crippen molar-refractivity contribution in [1.82, 2.24) is 0 Å². The zero-order valence-corrected chi connectivity index (χ0v) is 17.0. The number of carbonyl (C=O) groups is 1. The van der Waals surface area contributed by atoms with Crippen molar-refractivity contribution in [3.05, 3.63) is 35.9 Å². The van der Waals surface area contributed by atoms with Crippen molar-refractivity contribution in [2.45, 2.75) is 44.8 Å². The molecule has 0 saturated carbocycles. The predicted molar refractivity (Wildman–Crippen MR) is 103 cm³/mol. The number of carbonyl (C=O) groups excluding carboxylic acids is 1. The van der Waals surface area contributed by atoms with Crippen LogP contribution in [-0.4, -0.2) is 51.9 Å². The number of hydrogen-bond acceptors (Lipinski definition) is 6. The molecule has 1 atom stereocenters. The molecule has 0 spiro atoms. The molecule has 8 heteroatoms. The highest BCUT2D eigenvalue weighted by atomic mass is 32.2. The summed E-state index contributed by atoms with van der Waals surface area (Å²) in [5.74, 6) is -1.34. The molecule has 0 amide bonds. The van der Waals surface area contributed by atoms with Crippen molar-refractivity contribution < 1.29 is 26.4 Å². The molecule has 148 valence electrons. The lowest BCUT2D eigenvalue weighted by Crippen LogP contribution is -2.37. The van der Waals surface area contributed by atoms with E-state index in [4.69, 9.17) is 4.74 Å². The van der Waals surface area contributed by atoms with Crippen molar-refractivity contribution >= 4 is 25.6 Å². The van der Waals surface area contributed by atoms with Gasteiger partial charge in [-0.3, -0.25) is 0 Å². The highest BCUT2D eigenvalue weighted by Crippen LogP contribution is 2.13. The summed E-state index contributed by atoms with van der Waals surface area (Å²) in [5, 5.41) is -1.23. The summed E-state index contributed by atoms with van der Waals surface area (Å²) in [6.45, 7) is 3.27. The molecule has 0 radical (unpaired) electrons. The lowest BCUT2D eigenvalue weighted by Gasteiger charge is -2.18. The van der Waals surface area contributed by atoms with Gasteiger partial charge in [0, 0.05) is 0 Å². The molecule has 0 aliphatic rings. The molecule has 0 heterocycles. The Morgan fingerprint density at radius 1 is 0.962 bits per heavy atom. The Hall–Kier alpha value is -1.41. The summed E-state index contributed by atoms with van der Waals surface area (Å²) in [5.41, 5.74) is 0.297. The van der Waals surface area contributed by atoms with E-state index in [1.165, 1.54) is 0 Å². The minimum absolute atomic E-state index is 0.0596. The van der Waals surface area contributed by atoms with Crippen LogP contribution in [0.3, 0.4) is 0 Å². The Bertz CT molecular complexity index is 754. The number of unbranched alkanes of at least 4 members (excludes halogenated alkanes) is 2. The zero-order chi connectivity index (χ0) is 19.6. The maximum atomic E-state index is 12.5. The van der Waals surface area contributed by atoms with E-state index in [9.17, 15) is 21.6 Å². The molecule has 6 nitrogen and oxygen atoms in total. The Labute approximate surface area is 156 Å². The number of rotatable bonds is 12. The van der Waals surface area contributed by atoms with Crippen molar-refractivity contribution in [1.29, 1.82) is 0 Å². The van der Waals surface area contributed by atoms with Gasteiger partial charge in [-0.1, -0.05) is 44.9 Å². The predicted octanol–water partition coefficient (Wildman–Crippen LogP) is 2.64. The third kappa shape index (κ3) is 7.86. The number of benzene rings is 1. The van der Waals surface area contributed by atoms with Gasteiger partial charge in [0.1, 0.15) is 11.9 Å². The Morgan fingerprint density at radius 2 is 1.54 bits per heavy atom. The van der Waals surface area contributed by atoms with E-state index in [1.807, 2.05) is 13.8 Å². The fourth-order valence-corrected chi connectivity index (χ4v) is 6.63. The average molecular weight is 405 g/mol. The van der Waals surface area contributed by atoms with Crippen LogP contribution >= 0.6 is 0 Å². The van der Waals surface area contributed by atoms with Gasteiger partial charge in [0.15, 0.2) is 19.7 Å². The average Bonchev–Trinajstić information content (AvgIpc) is 2.62. The van der Waals surface area contributed by atoms with Gasteiger partial charge in [-0.25, -0.2) is 21.6 Å². The van der Waals surface area contributed by atoms with E-state index >= 15 is 0 Å². The largest absolute Gasteiger partial charge is 0.461 e. The Morgan fingerprint density at radius 3 is 2.12 bits per heavy atom. The van der Waals surface area contributed by atoms with Gasteiger partial charge in [-0.2, -0.15) is 0 Å². The standard InChI is InChI=1S/C18H28O6S2/c1-3-5-12-25(20,21)15-17(26(22,23)13-6-4-2)14-24-18(19)16-10-8-7-9-11-16/h7-11,17H,3-6,12-15H2,1-2H3. The summed E-state index contributed by atoms with van der Waals surface area (Å²) in [7, 11) is -7.21. The van der Waals surface area contributed by atoms with E-state index in [0.717, 1.165) is 0 Å². The van der Waals surface area contributed by atoms with Crippen LogP contribution in [0, 0.1) is 0 Å². The second kappa shape index (κ2) is 10.7. The molecule has 1 aromatic carbocycles. The van der Waals surface area contributed by atoms with Crippen LogP contribution in [0.25, 0.3) is 0 Å². The summed E-state index contributed by atoms with van der Waals surface area (Å²) >= 11 is 0. The third-order valence-electron chi connectivity index (χ3n) is 3.95. The molecule has 0 aliphatic carbocycles. The van der Waals surface area contributed by atoms with Gasteiger partial charge < -0.3 is 4.74 Å². The first-order chi connectivity index (χ1) is 12.2. The van der Waals surface area contributed by atoms with E-state index in [1.54, 1.807) is 30.3 Å². The first-order valence-electron chi connectivity index (χ1n) is 8.86. The number of hydrogen-bond donors (Lipinski definition) is 0. The van der Waals surface area contributed by atoms with Gasteiger partial charge in [0.05, 0.1) is 22.8 Å². The summed E-state index contributed by atoms with van der Waals surface area (Å²) in [4.78, 5) is 12.1. The molecule has 0 N–H and O–H groups in total. The highest BCUT2D eigenvalue weighted by Gasteiger charge is 2.31. The van der Waals surface area contributed by atoms with Gasteiger partial charge >= 0.3 is 5.97 Å². The topological polar surface area (TPSA) is 94.6 Å². The van der Waals surface area contributed by atoms with Crippen LogP contribution in [0.2, 0.25) is 0 Å². The molecule has 0 fully saturated rings. The van der Waals surface area contributed by atoms with Gasteiger partial charge in [0.2, 0.25) is 0 Å². The number of ether oxygens (including phenoxy) is 1. The van der Waals surface area contributed by atoms with Gasteiger partial charge in [-0.15, -0.1) is 0 Å². The molecule has 1 aromatic rings. The van der Waals surface area contributed by atoms with Crippen LogP contribution < -0.4 is 0 Å². The van der Waals surface area contributed by atoms with Crippen LogP contribution in [0.5, 0.6) is 0 Å². The number of sulfone groups is 2. The van der Waals surface area contributed by atoms with E-state index in [2.05, 4.69) is 0 Å². The Kier molecular flexibility index (Phi) is 9.29. The summed E-state index contributed by atoms with van der Waals surface area (Å²) in [6.07, 6.45) is 2.31. The number of esters is 1. The molecule has 0 bridgehead atoms. The monoisotopic (exact) mass is 404 g/mol. The van der Waals surface area contributed by atoms with E-state index in [0.29, 0.717) is 31.2 Å². The normalized spacial score (nSPS) is 13.3. The van der Waals surface area contributed by atoms with Crippen molar-refractivity contribution in [3.8, 4) is 0 Å². The first-order valence-corrected chi connectivity index (χ1v) is 12.4. The minimum atomic E-state index is -3.68. The second-order valence-electron chi connectivity index (χ2n) is 6.27. The first kappa shape index (κ1) is 22.6. The molecule has 0 aromatic heterocycles. The van der Waals surface area contributed by atoms with Crippen LogP contribution in [0.15, 0.2) is 30.3 Å². The third-order valence-corrected chi connectivity index (χ3v) is 8.16. The van der Waals surface area contributed by atoms with E-state index < -0.39 is 43.3 Å². The van der Waals surface area contributed by atoms with E-state index in [-0.39, 0.29) is 11.5 Å². The molecular formula is C18H28O6S2. The maximum Gasteiger partial charge on any atom is 0.338 e. The van der Waals surface area contributed by atoms with Crippen molar-refractivity contribution in [3.63, 3.8) is 0 Å². The lowest BCUT2D eigenvalue weighted by molar-refractivity contribution is 0.0509.